The summed E-state index contributed by atoms with van der Waals surface area (Å²) in [5.41, 5.74) is -0.468. The molecule has 3 rings (SSSR count). The highest BCUT2D eigenvalue weighted by atomic mass is 19.4. The van der Waals surface area contributed by atoms with E-state index in [0.717, 1.165) is 29.2 Å². The van der Waals surface area contributed by atoms with E-state index in [-0.39, 0.29) is 28.2 Å². The molecule has 2 atom stereocenters. The smallest absolute Gasteiger partial charge is 0.335 e. The van der Waals surface area contributed by atoms with E-state index in [4.69, 9.17) is 10.00 Å². The number of hydrogen-bond acceptors (Lipinski definition) is 6. The van der Waals surface area contributed by atoms with Crippen LogP contribution < -0.4 is 10.2 Å². The number of nitriles is 1. The van der Waals surface area contributed by atoms with E-state index >= 15 is 0 Å². The van der Waals surface area contributed by atoms with Crippen LogP contribution in [0.4, 0.5) is 34.6 Å². The van der Waals surface area contributed by atoms with Crippen LogP contribution in [0.25, 0.3) is 0 Å². The molecule has 2 aromatic rings. The van der Waals surface area contributed by atoms with Crippen LogP contribution in [0.5, 0.6) is 0 Å². The van der Waals surface area contributed by atoms with Gasteiger partial charge in [0, 0.05) is 17.3 Å². The minimum atomic E-state index is -4.87. The van der Waals surface area contributed by atoms with Gasteiger partial charge in [-0.25, -0.2) is 4.39 Å². The maximum atomic E-state index is 14.0. The lowest BCUT2D eigenvalue weighted by molar-refractivity contribution is -0.385. The van der Waals surface area contributed by atoms with Crippen molar-refractivity contribution in [1.29, 1.82) is 5.26 Å². The summed E-state index contributed by atoms with van der Waals surface area (Å²) < 4.78 is 59.5. The molecule has 1 amide bonds. The van der Waals surface area contributed by atoms with E-state index in [9.17, 15) is 32.5 Å². The average molecular weight is 438 g/mol. The largest absolute Gasteiger partial charge is 0.433 e. The van der Waals surface area contributed by atoms with E-state index in [1.807, 2.05) is 0 Å². The van der Waals surface area contributed by atoms with Gasteiger partial charge >= 0.3 is 6.18 Å². The summed E-state index contributed by atoms with van der Waals surface area (Å²) in [6.45, 7) is 0.851. The summed E-state index contributed by atoms with van der Waals surface area (Å²) in [6, 6.07) is 8.33. The predicted octanol–water partition coefficient (Wildman–Crippen LogP) is 3.65. The lowest BCUT2D eigenvalue weighted by Gasteiger charge is -2.26. The zero-order valence-electron chi connectivity index (χ0n) is 15.8. The molecule has 1 aliphatic heterocycles. The van der Waals surface area contributed by atoms with Crippen molar-refractivity contribution in [2.24, 2.45) is 0 Å². The molecule has 162 valence electrons. The fourth-order valence-corrected chi connectivity index (χ4v) is 3.11. The Kier molecular flexibility index (Phi) is 5.81. The summed E-state index contributed by atoms with van der Waals surface area (Å²) >= 11 is 0. The molecule has 0 radical (unpaired) electrons. The Labute approximate surface area is 172 Å². The van der Waals surface area contributed by atoms with Crippen LogP contribution in [-0.2, 0) is 9.53 Å². The van der Waals surface area contributed by atoms with Crippen LogP contribution in [0.1, 0.15) is 11.1 Å². The van der Waals surface area contributed by atoms with Crippen LogP contribution in [0.3, 0.4) is 0 Å². The molecule has 12 heteroatoms. The number of ether oxygens (including phenoxy) is 1. The number of carbonyl (C=O) groups excluding carboxylic acids is 1. The number of aryl methyl sites for hydroxylation is 1. The standard InChI is InChI=1S/C19H14F4N4O4/c1-10-6-12(3-5-15(10)27(29)30)26-9-16(31-18(26)19(21,22)23)17(28)25-14-4-2-11(8-24)7-13(14)20/h2-7,16,18H,9H2,1H3,(H,25,28). The molecule has 1 fully saturated rings. The predicted molar refractivity (Wildman–Crippen MR) is 99.6 cm³/mol. The molecule has 1 saturated heterocycles. The lowest BCUT2D eigenvalue weighted by Crippen LogP contribution is -2.42. The van der Waals surface area contributed by atoms with Crippen molar-refractivity contribution >= 4 is 23.0 Å². The van der Waals surface area contributed by atoms with Gasteiger partial charge in [-0.15, -0.1) is 0 Å². The second-order valence-corrected chi connectivity index (χ2v) is 6.69. The Morgan fingerprint density at radius 2 is 2.03 bits per heavy atom. The SMILES string of the molecule is Cc1cc(N2CC(C(=O)Nc3ccc(C#N)cc3F)OC2C(F)(F)F)ccc1[N+](=O)[O-]. The molecule has 0 aromatic heterocycles. The quantitative estimate of drug-likeness (QED) is 0.444. The van der Waals surface area contributed by atoms with Gasteiger partial charge in [0.25, 0.3) is 11.6 Å². The van der Waals surface area contributed by atoms with Gasteiger partial charge in [-0.1, -0.05) is 0 Å². The van der Waals surface area contributed by atoms with E-state index in [1.54, 1.807) is 6.07 Å². The Hall–Kier alpha value is -3.72. The van der Waals surface area contributed by atoms with Gasteiger partial charge in [0.2, 0.25) is 6.23 Å². The number of nitro benzene ring substituents is 1. The molecule has 8 nitrogen and oxygen atoms in total. The van der Waals surface area contributed by atoms with Gasteiger partial charge in [-0.3, -0.25) is 14.9 Å². The summed E-state index contributed by atoms with van der Waals surface area (Å²) in [6.07, 6.45) is -8.95. The van der Waals surface area contributed by atoms with Gasteiger partial charge < -0.3 is 15.0 Å². The van der Waals surface area contributed by atoms with E-state index in [1.165, 1.54) is 19.1 Å². The highest BCUT2D eigenvalue weighted by Gasteiger charge is 2.52. The lowest BCUT2D eigenvalue weighted by atomic mass is 10.1. The number of benzene rings is 2. The van der Waals surface area contributed by atoms with Crippen molar-refractivity contribution in [3.63, 3.8) is 0 Å². The third kappa shape index (κ3) is 4.56. The molecular formula is C19H14F4N4O4. The Morgan fingerprint density at radius 1 is 1.32 bits per heavy atom. The molecule has 2 unspecified atom stereocenters. The van der Waals surface area contributed by atoms with Crippen molar-refractivity contribution in [1.82, 2.24) is 0 Å². The molecule has 1 heterocycles. The first-order valence-electron chi connectivity index (χ1n) is 8.75. The van der Waals surface area contributed by atoms with Crippen LogP contribution in [0.15, 0.2) is 36.4 Å². The van der Waals surface area contributed by atoms with Crippen LogP contribution >= 0.6 is 0 Å². The Bertz CT molecular complexity index is 1080. The van der Waals surface area contributed by atoms with Gasteiger partial charge in [-0.2, -0.15) is 18.4 Å². The minimum Gasteiger partial charge on any atom is -0.335 e. The fraction of sp³-hybridized carbons (Fsp3) is 0.263. The first-order valence-corrected chi connectivity index (χ1v) is 8.75. The van der Waals surface area contributed by atoms with Gasteiger partial charge in [0.05, 0.1) is 28.8 Å². The highest BCUT2D eigenvalue weighted by Crippen LogP contribution is 2.36. The van der Waals surface area contributed by atoms with Gasteiger partial charge in [-0.05, 0) is 37.3 Å². The molecule has 1 N–H and O–H groups in total. The number of nitrogens with zero attached hydrogens (tertiary/aromatic N) is 3. The van der Waals surface area contributed by atoms with E-state index in [2.05, 4.69) is 5.32 Å². The maximum Gasteiger partial charge on any atom is 0.433 e. The monoisotopic (exact) mass is 438 g/mol. The molecule has 0 saturated carbocycles. The van der Waals surface area contributed by atoms with Gasteiger partial charge in [0.1, 0.15) is 5.82 Å². The van der Waals surface area contributed by atoms with Crippen LogP contribution in [-0.4, -0.2) is 35.9 Å². The van der Waals surface area contributed by atoms with Crippen molar-refractivity contribution in [3.8, 4) is 6.07 Å². The molecule has 2 aromatic carbocycles. The van der Waals surface area contributed by atoms with Crippen molar-refractivity contribution in [3.05, 3.63) is 63.5 Å². The highest BCUT2D eigenvalue weighted by molar-refractivity contribution is 5.95. The summed E-state index contributed by atoms with van der Waals surface area (Å²) in [4.78, 5) is 23.5. The number of alkyl halides is 3. The second kappa shape index (κ2) is 8.19. The summed E-state index contributed by atoms with van der Waals surface area (Å²) in [5.74, 6) is -1.94. The number of hydrogen-bond donors (Lipinski definition) is 1. The van der Waals surface area contributed by atoms with Crippen molar-refractivity contribution < 1.29 is 32.0 Å². The zero-order valence-corrected chi connectivity index (χ0v) is 15.8. The zero-order chi connectivity index (χ0) is 22.9. The first kappa shape index (κ1) is 22.0. The Balaban J connectivity index is 1.84. The number of anilines is 2. The number of nitro groups is 1. The third-order valence-corrected chi connectivity index (χ3v) is 4.58. The van der Waals surface area contributed by atoms with Gasteiger partial charge in [0.15, 0.2) is 6.10 Å². The van der Waals surface area contributed by atoms with Crippen LogP contribution in [0, 0.1) is 34.2 Å². The Morgan fingerprint density at radius 3 is 2.58 bits per heavy atom. The minimum absolute atomic E-state index is 0.00414. The number of carbonyl (C=O) groups is 1. The first-order chi connectivity index (χ1) is 14.5. The number of amides is 1. The molecule has 0 spiro atoms. The molecule has 0 aliphatic carbocycles. The third-order valence-electron chi connectivity index (χ3n) is 4.58. The van der Waals surface area contributed by atoms with Crippen LogP contribution in [0.2, 0.25) is 0 Å². The molecular weight excluding hydrogens is 424 g/mol. The van der Waals surface area contributed by atoms with E-state index < -0.39 is 41.7 Å². The number of nitrogens with one attached hydrogen (secondary N) is 1. The van der Waals surface area contributed by atoms with Crippen molar-refractivity contribution in [2.75, 3.05) is 16.8 Å². The number of rotatable bonds is 4. The average Bonchev–Trinajstić information content (AvgIpc) is 3.15. The normalized spacial score (nSPS) is 18.5. The summed E-state index contributed by atoms with van der Waals surface area (Å²) in [5, 5.41) is 21.8. The molecule has 31 heavy (non-hydrogen) atoms. The summed E-state index contributed by atoms with van der Waals surface area (Å²) in [7, 11) is 0. The maximum absolute atomic E-state index is 14.0. The van der Waals surface area contributed by atoms with Crippen molar-refractivity contribution in [2.45, 2.75) is 25.4 Å². The number of halogens is 4. The second-order valence-electron chi connectivity index (χ2n) is 6.69. The molecule has 0 bridgehead atoms. The van der Waals surface area contributed by atoms with E-state index in [0.29, 0.717) is 0 Å². The fourth-order valence-electron chi connectivity index (χ4n) is 3.11. The topological polar surface area (TPSA) is 108 Å². The molecule has 1 aliphatic rings.